The summed E-state index contributed by atoms with van der Waals surface area (Å²) in [5.74, 6) is 0.437. The summed E-state index contributed by atoms with van der Waals surface area (Å²) in [4.78, 5) is 11.3. The normalized spacial score (nSPS) is 18.1. The molecule has 1 saturated heterocycles. The second-order valence-electron chi connectivity index (χ2n) is 3.69. The standard InChI is InChI=1S/C13H14O4/c1-15-11-5-2-10(3-6-11)4-7-13(14)17-9-12-8-16-12/h2-7,12H,8-9H2,1H3/b7-4+. The van der Waals surface area contributed by atoms with E-state index in [0.717, 1.165) is 11.3 Å². The van der Waals surface area contributed by atoms with E-state index in [2.05, 4.69) is 0 Å². The first-order valence-electron chi connectivity index (χ1n) is 5.38. The Balaban J connectivity index is 1.82. The van der Waals surface area contributed by atoms with E-state index < -0.39 is 0 Å². The van der Waals surface area contributed by atoms with Crippen LogP contribution in [-0.4, -0.2) is 32.4 Å². The van der Waals surface area contributed by atoms with Crippen molar-refractivity contribution >= 4 is 12.0 Å². The molecule has 1 aliphatic heterocycles. The molecule has 0 radical (unpaired) electrons. The maximum absolute atomic E-state index is 11.3. The van der Waals surface area contributed by atoms with Crippen LogP contribution in [0, 0.1) is 0 Å². The van der Waals surface area contributed by atoms with Gasteiger partial charge < -0.3 is 14.2 Å². The Labute approximate surface area is 99.8 Å². The zero-order chi connectivity index (χ0) is 12.1. The van der Waals surface area contributed by atoms with Crippen LogP contribution in [0.15, 0.2) is 30.3 Å². The van der Waals surface area contributed by atoms with Crippen LogP contribution in [0.3, 0.4) is 0 Å². The van der Waals surface area contributed by atoms with Crippen LogP contribution in [0.1, 0.15) is 5.56 Å². The first-order valence-corrected chi connectivity index (χ1v) is 5.38. The lowest BCUT2D eigenvalue weighted by Crippen LogP contribution is -2.06. The zero-order valence-corrected chi connectivity index (χ0v) is 9.59. The third-order valence-electron chi connectivity index (χ3n) is 2.34. The lowest BCUT2D eigenvalue weighted by molar-refractivity contribution is -0.138. The minimum atomic E-state index is -0.351. The van der Waals surface area contributed by atoms with Crippen LogP contribution < -0.4 is 4.74 Å². The van der Waals surface area contributed by atoms with Gasteiger partial charge in [-0.25, -0.2) is 4.79 Å². The SMILES string of the molecule is COc1ccc(/C=C/C(=O)OCC2CO2)cc1. The number of carbonyl (C=O) groups excluding carboxylic acids is 1. The number of carbonyl (C=O) groups is 1. The second kappa shape index (κ2) is 5.50. The van der Waals surface area contributed by atoms with E-state index in [-0.39, 0.29) is 12.1 Å². The van der Waals surface area contributed by atoms with E-state index in [0.29, 0.717) is 13.2 Å². The monoisotopic (exact) mass is 234 g/mol. The fourth-order valence-corrected chi connectivity index (χ4v) is 1.27. The predicted molar refractivity (Wildman–Crippen MR) is 62.7 cm³/mol. The Morgan fingerprint density at radius 2 is 2.18 bits per heavy atom. The van der Waals surface area contributed by atoms with Gasteiger partial charge in [-0.1, -0.05) is 12.1 Å². The summed E-state index contributed by atoms with van der Waals surface area (Å²) in [5, 5.41) is 0. The third-order valence-corrected chi connectivity index (χ3v) is 2.34. The van der Waals surface area contributed by atoms with Gasteiger partial charge in [0.05, 0.1) is 13.7 Å². The lowest BCUT2D eigenvalue weighted by atomic mass is 10.2. The van der Waals surface area contributed by atoms with Gasteiger partial charge in [-0.05, 0) is 23.8 Å². The number of esters is 1. The maximum Gasteiger partial charge on any atom is 0.330 e. The Hall–Kier alpha value is -1.81. The quantitative estimate of drug-likeness (QED) is 0.441. The largest absolute Gasteiger partial charge is 0.497 e. The summed E-state index contributed by atoms with van der Waals surface area (Å²) in [7, 11) is 1.61. The van der Waals surface area contributed by atoms with Gasteiger partial charge in [0, 0.05) is 6.08 Å². The van der Waals surface area contributed by atoms with Crippen molar-refractivity contribution in [2.75, 3.05) is 20.3 Å². The smallest absolute Gasteiger partial charge is 0.330 e. The van der Waals surface area contributed by atoms with Crippen molar-refractivity contribution in [1.29, 1.82) is 0 Å². The second-order valence-corrected chi connectivity index (χ2v) is 3.69. The predicted octanol–water partition coefficient (Wildman–Crippen LogP) is 1.65. The van der Waals surface area contributed by atoms with Crippen molar-refractivity contribution in [3.05, 3.63) is 35.9 Å². The van der Waals surface area contributed by atoms with E-state index in [4.69, 9.17) is 14.2 Å². The van der Waals surface area contributed by atoms with Crippen molar-refractivity contribution < 1.29 is 19.0 Å². The molecule has 1 unspecified atom stereocenters. The minimum Gasteiger partial charge on any atom is -0.497 e. The summed E-state index contributed by atoms with van der Waals surface area (Å²) in [6, 6.07) is 7.41. The molecule has 1 aromatic carbocycles. The van der Waals surface area contributed by atoms with Gasteiger partial charge >= 0.3 is 5.97 Å². The molecule has 90 valence electrons. The van der Waals surface area contributed by atoms with Crippen LogP contribution in [-0.2, 0) is 14.3 Å². The molecule has 1 aromatic rings. The summed E-state index contributed by atoms with van der Waals surface area (Å²) < 4.78 is 14.9. The number of benzene rings is 1. The molecule has 0 N–H and O–H groups in total. The topological polar surface area (TPSA) is 48.1 Å². The van der Waals surface area contributed by atoms with Gasteiger partial charge in [-0.15, -0.1) is 0 Å². The number of hydrogen-bond donors (Lipinski definition) is 0. The Morgan fingerprint density at radius 3 is 2.76 bits per heavy atom. The molecule has 0 saturated carbocycles. The highest BCUT2D eigenvalue weighted by molar-refractivity contribution is 5.87. The molecule has 4 heteroatoms. The van der Waals surface area contributed by atoms with Crippen molar-refractivity contribution in [2.45, 2.75) is 6.10 Å². The summed E-state index contributed by atoms with van der Waals surface area (Å²) in [5.41, 5.74) is 0.922. The Bertz CT molecular complexity index is 404. The molecule has 4 nitrogen and oxygen atoms in total. The molecule has 0 aliphatic carbocycles. The molecule has 1 atom stereocenters. The van der Waals surface area contributed by atoms with Gasteiger partial charge in [0.15, 0.2) is 0 Å². The van der Waals surface area contributed by atoms with Crippen LogP contribution in [0.4, 0.5) is 0 Å². The molecular formula is C13H14O4. The molecule has 2 rings (SSSR count). The first kappa shape index (κ1) is 11.7. The van der Waals surface area contributed by atoms with Gasteiger partial charge in [0.1, 0.15) is 18.5 Å². The summed E-state index contributed by atoms with van der Waals surface area (Å²) in [6.45, 7) is 1.03. The highest BCUT2D eigenvalue weighted by Gasteiger charge is 2.23. The zero-order valence-electron chi connectivity index (χ0n) is 9.59. The number of methoxy groups -OCH3 is 1. The van der Waals surface area contributed by atoms with Crippen LogP contribution in [0.2, 0.25) is 0 Å². The first-order chi connectivity index (χ1) is 8.28. The number of hydrogen-bond acceptors (Lipinski definition) is 4. The third kappa shape index (κ3) is 3.92. The average Bonchev–Trinajstić information content (AvgIpc) is 3.18. The van der Waals surface area contributed by atoms with E-state index in [1.807, 2.05) is 24.3 Å². The van der Waals surface area contributed by atoms with Crippen LogP contribution >= 0.6 is 0 Å². The number of epoxide rings is 1. The van der Waals surface area contributed by atoms with Crippen LogP contribution in [0.25, 0.3) is 6.08 Å². The maximum atomic E-state index is 11.3. The molecule has 0 aromatic heterocycles. The van der Waals surface area contributed by atoms with Gasteiger partial charge in [-0.2, -0.15) is 0 Å². The van der Waals surface area contributed by atoms with Gasteiger partial charge in [0.2, 0.25) is 0 Å². The van der Waals surface area contributed by atoms with E-state index in [1.165, 1.54) is 6.08 Å². The molecule has 0 spiro atoms. The Kier molecular flexibility index (Phi) is 3.77. The molecule has 0 amide bonds. The average molecular weight is 234 g/mol. The summed E-state index contributed by atoms with van der Waals surface area (Å²) >= 11 is 0. The summed E-state index contributed by atoms with van der Waals surface area (Å²) in [6.07, 6.45) is 3.22. The fraction of sp³-hybridized carbons (Fsp3) is 0.308. The number of ether oxygens (including phenoxy) is 3. The van der Waals surface area contributed by atoms with Crippen molar-refractivity contribution in [2.24, 2.45) is 0 Å². The van der Waals surface area contributed by atoms with E-state index in [1.54, 1.807) is 13.2 Å². The van der Waals surface area contributed by atoms with Crippen molar-refractivity contribution in [3.8, 4) is 5.75 Å². The highest BCUT2D eigenvalue weighted by Crippen LogP contribution is 2.12. The van der Waals surface area contributed by atoms with Crippen molar-refractivity contribution in [3.63, 3.8) is 0 Å². The minimum absolute atomic E-state index is 0.105. The van der Waals surface area contributed by atoms with Gasteiger partial charge in [0.25, 0.3) is 0 Å². The van der Waals surface area contributed by atoms with E-state index >= 15 is 0 Å². The lowest BCUT2D eigenvalue weighted by Gasteiger charge is -1.99. The van der Waals surface area contributed by atoms with E-state index in [9.17, 15) is 4.79 Å². The van der Waals surface area contributed by atoms with Gasteiger partial charge in [-0.3, -0.25) is 0 Å². The van der Waals surface area contributed by atoms with Crippen LogP contribution in [0.5, 0.6) is 5.75 Å². The molecular weight excluding hydrogens is 220 g/mol. The number of rotatable bonds is 5. The molecule has 1 fully saturated rings. The highest BCUT2D eigenvalue weighted by atomic mass is 16.6. The Morgan fingerprint density at radius 1 is 1.47 bits per heavy atom. The molecule has 17 heavy (non-hydrogen) atoms. The molecule has 1 heterocycles. The molecule has 1 aliphatic rings. The van der Waals surface area contributed by atoms with Crippen molar-refractivity contribution in [1.82, 2.24) is 0 Å². The molecule has 0 bridgehead atoms. The fourth-order valence-electron chi connectivity index (χ4n) is 1.27.